The number of hydrazine groups is 1. The summed E-state index contributed by atoms with van der Waals surface area (Å²) >= 11 is 1.32. The zero-order valence-corrected chi connectivity index (χ0v) is 20.0. The summed E-state index contributed by atoms with van der Waals surface area (Å²) in [5, 5.41) is 29.1. The van der Waals surface area contributed by atoms with E-state index in [4.69, 9.17) is 9.26 Å². The van der Waals surface area contributed by atoms with Crippen LogP contribution in [0.15, 0.2) is 63.6 Å². The van der Waals surface area contributed by atoms with E-state index in [9.17, 15) is 19.4 Å². The molecule has 2 aromatic carbocycles. The van der Waals surface area contributed by atoms with Crippen molar-refractivity contribution < 1.29 is 33.0 Å². The summed E-state index contributed by atoms with van der Waals surface area (Å²) in [6, 6.07) is 5.64. The van der Waals surface area contributed by atoms with Crippen molar-refractivity contribution in [2.75, 3.05) is 19.8 Å². The Hall–Kier alpha value is -3.45. The van der Waals surface area contributed by atoms with Crippen molar-refractivity contribution in [3.8, 4) is 0 Å². The first-order valence-corrected chi connectivity index (χ1v) is 12.7. The Morgan fingerprint density at radius 2 is 2.00 bits per heavy atom. The van der Waals surface area contributed by atoms with E-state index in [2.05, 4.69) is 5.16 Å². The van der Waals surface area contributed by atoms with Crippen LogP contribution in [-0.2, 0) is 15.3 Å². The molecular weight excluding hydrogens is 506 g/mol. The van der Waals surface area contributed by atoms with Gasteiger partial charge in [0.05, 0.1) is 30.3 Å². The molecule has 1 unspecified atom stereocenters. The molecule has 3 aromatic rings. The van der Waals surface area contributed by atoms with Crippen molar-refractivity contribution in [3.05, 3.63) is 82.5 Å². The van der Waals surface area contributed by atoms with Gasteiger partial charge in [0.25, 0.3) is 5.91 Å². The van der Waals surface area contributed by atoms with Crippen LogP contribution in [-0.4, -0.2) is 68.2 Å². The lowest BCUT2D eigenvalue weighted by Gasteiger charge is -2.55. The van der Waals surface area contributed by atoms with Crippen LogP contribution in [0.1, 0.15) is 22.7 Å². The predicted octanol–water partition coefficient (Wildman–Crippen LogP) is 3.18. The van der Waals surface area contributed by atoms with E-state index in [1.165, 1.54) is 29.0 Å². The van der Waals surface area contributed by atoms with Gasteiger partial charge in [-0.1, -0.05) is 17.3 Å². The second kappa shape index (κ2) is 8.28. The van der Waals surface area contributed by atoms with Crippen LogP contribution in [0.3, 0.4) is 0 Å². The van der Waals surface area contributed by atoms with Crippen LogP contribution in [0.4, 0.5) is 8.78 Å². The fourth-order valence-corrected chi connectivity index (χ4v) is 6.72. The van der Waals surface area contributed by atoms with E-state index in [1.807, 2.05) is 17.1 Å². The molecule has 1 aromatic heterocycles. The number of nitrogens with zero attached hydrogens (tertiary/aromatic N) is 4. The molecule has 12 heteroatoms. The largest absolute Gasteiger partial charge is 0.507 e. The minimum atomic E-state index is -1.35. The second-order valence-electron chi connectivity index (χ2n) is 9.15. The molecule has 0 spiro atoms. The SMILES string of the molecule is O=C1C2=C(O)C(O)C=CN2N([C@H]2c3ccc(F)c(F)c3CSc3c2ccc2cnoc32)[C@@H]2COCCN12. The molecule has 0 saturated carbocycles. The fraction of sp³-hybridized carbons (Fsp3) is 0.280. The Balaban J connectivity index is 1.52. The molecule has 0 radical (unpaired) electrons. The molecule has 3 atom stereocenters. The summed E-state index contributed by atoms with van der Waals surface area (Å²) in [6.45, 7) is 0.703. The van der Waals surface area contributed by atoms with Gasteiger partial charge in [-0.3, -0.25) is 9.80 Å². The molecule has 37 heavy (non-hydrogen) atoms. The van der Waals surface area contributed by atoms with Crippen molar-refractivity contribution in [1.82, 2.24) is 20.1 Å². The van der Waals surface area contributed by atoms with E-state index in [1.54, 1.807) is 17.2 Å². The molecule has 0 bridgehead atoms. The minimum absolute atomic E-state index is 0.100. The van der Waals surface area contributed by atoms with Crippen molar-refractivity contribution in [3.63, 3.8) is 0 Å². The van der Waals surface area contributed by atoms with Crippen LogP contribution >= 0.6 is 11.8 Å². The third-order valence-electron chi connectivity index (χ3n) is 7.24. The highest BCUT2D eigenvalue weighted by molar-refractivity contribution is 7.98. The number of fused-ring (bicyclic) bond motifs is 6. The van der Waals surface area contributed by atoms with Gasteiger partial charge in [-0.15, -0.1) is 11.8 Å². The highest BCUT2D eigenvalue weighted by atomic mass is 32.2. The predicted molar refractivity (Wildman–Crippen MR) is 127 cm³/mol. The summed E-state index contributed by atoms with van der Waals surface area (Å²) in [4.78, 5) is 15.8. The monoisotopic (exact) mass is 526 g/mol. The molecule has 190 valence electrons. The average molecular weight is 527 g/mol. The van der Waals surface area contributed by atoms with Crippen LogP contribution in [0, 0.1) is 11.6 Å². The van der Waals surface area contributed by atoms with Crippen LogP contribution in [0.5, 0.6) is 0 Å². The third-order valence-corrected chi connectivity index (χ3v) is 8.38. The van der Waals surface area contributed by atoms with Gasteiger partial charge in [0.15, 0.2) is 28.7 Å². The van der Waals surface area contributed by atoms with Crippen molar-refractivity contribution in [1.29, 1.82) is 0 Å². The third kappa shape index (κ3) is 3.19. The number of ether oxygens (including phenoxy) is 1. The van der Waals surface area contributed by atoms with E-state index >= 15 is 4.39 Å². The van der Waals surface area contributed by atoms with Gasteiger partial charge in [0.1, 0.15) is 12.3 Å². The van der Waals surface area contributed by atoms with Crippen molar-refractivity contribution in [2.45, 2.75) is 29.0 Å². The summed E-state index contributed by atoms with van der Waals surface area (Å²) < 4.78 is 41.0. The number of carbonyl (C=O) groups is 1. The van der Waals surface area contributed by atoms with Gasteiger partial charge in [0.2, 0.25) is 0 Å². The number of aliphatic hydroxyl groups excluding tert-OH is 2. The summed E-state index contributed by atoms with van der Waals surface area (Å²) in [5.41, 5.74) is 1.85. The highest BCUT2D eigenvalue weighted by Gasteiger charge is 2.50. The number of aromatic nitrogens is 1. The van der Waals surface area contributed by atoms with Crippen molar-refractivity contribution >= 4 is 28.6 Å². The number of thioether (sulfide) groups is 1. The van der Waals surface area contributed by atoms with Gasteiger partial charge in [-0.05, 0) is 29.3 Å². The Kier molecular flexibility index (Phi) is 5.09. The number of halogens is 2. The molecule has 7 rings (SSSR count). The standard InChI is InChI=1S/C25H20F2N4O5S/c26-16-4-3-13-15(19(16)27)11-37-24-14(2-1-12-9-28-36-23(12)24)20(13)31-18-10-35-8-7-29(18)25(34)21-22(33)17(32)5-6-30(21)31/h1-6,9,17-18,20,32-33H,7-8,10-11H2/t17?,18-,20+/m1/s1. The maximum Gasteiger partial charge on any atom is 0.277 e. The van der Waals surface area contributed by atoms with E-state index in [0.29, 0.717) is 22.6 Å². The van der Waals surface area contributed by atoms with Gasteiger partial charge in [0, 0.05) is 29.4 Å². The Morgan fingerprint density at radius 1 is 1.16 bits per heavy atom. The molecule has 2 N–H and O–H groups in total. The molecule has 5 heterocycles. The number of carbonyl (C=O) groups excluding carboxylic acids is 1. The Bertz CT molecular complexity index is 1520. The number of hydrogen-bond donors (Lipinski definition) is 2. The smallest absolute Gasteiger partial charge is 0.277 e. The zero-order valence-electron chi connectivity index (χ0n) is 19.2. The summed E-state index contributed by atoms with van der Waals surface area (Å²) in [6.07, 6.45) is 2.47. The lowest BCUT2D eigenvalue weighted by atomic mass is 9.92. The molecule has 0 aliphatic carbocycles. The normalized spacial score (nSPS) is 25.6. The Morgan fingerprint density at radius 3 is 2.86 bits per heavy atom. The maximum absolute atomic E-state index is 15.3. The van der Waals surface area contributed by atoms with Gasteiger partial charge >= 0.3 is 0 Å². The molecule has 4 aliphatic heterocycles. The van der Waals surface area contributed by atoms with Gasteiger partial charge < -0.3 is 24.4 Å². The quantitative estimate of drug-likeness (QED) is 0.495. The maximum atomic E-state index is 15.3. The first-order valence-electron chi connectivity index (χ1n) is 11.7. The zero-order chi connectivity index (χ0) is 25.4. The second-order valence-corrected chi connectivity index (χ2v) is 10.1. The van der Waals surface area contributed by atoms with E-state index in [0.717, 1.165) is 17.0 Å². The fourth-order valence-electron chi connectivity index (χ4n) is 5.51. The first-order chi connectivity index (χ1) is 18.0. The average Bonchev–Trinajstić information content (AvgIpc) is 3.32. The van der Waals surface area contributed by atoms with Crippen molar-refractivity contribution in [2.24, 2.45) is 0 Å². The number of benzene rings is 2. The van der Waals surface area contributed by atoms with Crippen LogP contribution < -0.4 is 0 Å². The van der Waals surface area contributed by atoms with E-state index < -0.39 is 41.6 Å². The Labute approximate surface area is 213 Å². The molecule has 2 fully saturated rings. The molecule has 4 aliphatic rings. The number of aliphatic hydroxyl groups is 2. The first kappa shape index (κ1) is 22.7. The van der Waals surface area contributed by atoms with Gasteiger partial charge in [-0.25, -0.2) is 8.78 Å². The highest BCUT2D eigenvalue weighted by Crippen LogP contribution is 2.49. The molecule has 2 saturated heterocycles. The summed E-state index contributed by atoms with van der Waals surface area (Å²) in [7, 11) is 0. The van der Waals surface area contributed by atoms with Gasteiger partial charge in [-0.2, -0.15) is 5.01 Å². The molecular formula is C25H20F2N4O5S. The number of amides is 1. The molecule has 1 amide bonds. The number of rotatable bonds is 1. The lowest BCUT2D eigenvalue weighted by molar-refractivity contribution is -0.190. The molecule has 9 nitrogen and oxygen atoms in total. The van der Waals surface area contributed by atoms with Crippen LogP contribution in [0.2, 0.25) is 0 Å². The van der Waals surface area contributed by atoms with Crippen LogP contribution in [0.25, 0.3) is 11.0 Å². The summed E-state index contributed by atoms with van der Waals surface area (Å²) in [5.74, 6) is -2.69. The topological polar surface area (TPSA) is 103 Å². The lowest BCUT2D eigenvalue weighted by Crippen LogP contribution is -2.67. The minimum Gasteiger partial charge on any atom is -0.507 e. The number of morpholine rings is 1. The van der Waals surface area contributed by atoms with E-state index in [-0.39, 0.29) is 30.2 Å². The number of hydrogen-bond acceptors (Lipinski definition) is 9.